The summed E-state index contributed by atoms with van der Waals surface area (Å²) in [5.74, 6) is -0.773. The molecule has 1 amide bonds. The smallest absolute Gasteiger partial charge is 0.303 e. The molecule has 6 heteroatoms. The molecule has 0 aromatic heterocycles. The molecular weight excluding hydrogens is 234 g/mol. The third-order valence-electron chi connectivity index (χ3n) is 3.00. The Morgan fingerprint density at radius 1 is 1.17 bits per heavy atom. The number of nitrogens with zero attached hydrogens (tertiary/aromatic N) is 1. The minimum atomic E-state index is -0.797. The van der Waals surface area contributed by atoms with Crippen molar-refractivity contribution in [1.82, 2.24) is 15.5 Å². The lowest BCUT2D eigenvalue weighted by molar-refractivity contribution is -0.137. The van der Waals surface area contributed by atoms with Gasteiger partial charge in [-0.25, -0.2) is 0 Å². The lowest BCUT2D eigenvalue weighted by Gasteiger charge is -2.27. The average molecular weight is 257 g/mol. The largest absolute Gasteiger partial charge is 0.481 e. The second-order valence-electron chi connectivity index (χ2n) is 4.54. The van der Waals surface area contributed by atoms with E-state index < -0.39 is 5.97 Å². The molecule has 1 aliphatic rings. The lowest BCUT2D eigenvalue weighted by atomic mass is 10.2. The van der Waals surface area contributed by atoms with Crippen LogP contribution in [0.1, 0.15) is 25.7 Å². The predicted molar refractivity (Wildman–Crippen MR) is 68.4 cm³/mol. The van der Waals surface area contributed by atoms with E-state index in [4.69, 9.17) is 5.11 Å². The molecule has 0 aromatic rings. The standard InChI is InChI=1S/C12H23N3O3/c16-11(3-1-2-4-12(17)18)14-7-10-15-8-5-13-6-9-15/h13H,1-10H2,(H,14,16)(H,17,18). The van der Waals surface area contributed by atoms with Crippen molar-refractivity contribution in [2.45, 2.75) is 25.7 Å². The van der Waals surface area contributed by atoms with Crippen molar-refractivity contribution in [2.24, 2.45) is 0 Å². The predicted octanol–water partition coefficient (Wildman–Crippen LogP) is -0.347. The van der Waals surface area contributed by atoms with Crippen LogP contribution >= 0.6 is 0 Å². The quantitative estimate of drug-likeness (QED) is 0.518. The summed E-state index contributed by atoms with van der Waals surface area (Å²) in [4.78, 5) is 24.0. The number of carboxylic acids is 1. The summed E-state index contributed by atoms with van der Waals surface area (Å²) in [6.07, 6.45) is 1.79. The number of hydrogen-bond acceptors (Lipinski definition) is 4. The molecule has 1 rings (SSSR count). The van der Waals surface area contributed by atoms with Gasteiger partial charge in [-0.2, -0.15) is 0 Å². The Labute approximate surface area is 108 Å². The Morgan fingerprint density at radius 3 is 2.50 bits per heavy atom. The third-order valence-corrected chi connectivity index (χ3v) is 3.00. The molecule has 6 nitrogen and oxygen atoms in total. The van der Waals surface area contributed by atoms with Crippen LogP contribution < -0.4 is 10.6 Å². The van der Waals surface area contributed by atoms with Gasteiger partial charge in [0.2, 0.25) is 5.91 Å². The van der Waals surface area contributed by atoms with Crippen LogP contribution in [0, 0.1) is 0 Å². The molecule has 18 heavy (non-hydrogen) atoms. The van der Waals surface area contributed by atoms with Crippen molar-refractivity contribution in [1.29, 1.82) is 0 Å². The van der Waals surface area contributed by atoms with Crippen molar-refractivity contribution in [3.63, 3.8) is 0 Å². The number of carboxylic acid groups (broad SMARTS) is 1. The van der Waals surface area contributed by atoms with Crippen molar-refractivity contribution < 1.29 is 14.7 Å². The van der Waals surface area contributed by atoms with E-state index in [1.54, 1.807) is 0 Å². The van der Waals surface area contributed by atoms with Crippen LogP contribution in [0.25, 0.3) is 0 Å². The number of carbonyl (C=O) groups is 2. The van der Waals surface area contributed by atoms with Gasteiger partial charge in [0.15, 0.2) is 0 Å². The van der Waals surface area contributed by atoms with E-state index in [0.29, 0.717) is 25.8 Å². The number of nitrogens with one attached hydrogen (secondary N) is 2. The van der Waals surface area contributed by atoms with Crippen LogP contribution in [-0.2, 0) is 9.59 Å². The molecule has 0 aliphatic carbocycles. The molecule has 1 saturated heterocycles. The van der Waals surface area contributed by atoms with Crippen LogP contribution in [0.3, 0.4) is 0 Å². The fourth-order valence-corrected chi connectivity index (χ4v) is 1.94. The first-order valence-electron chi connectivity index (χ1n) is 6.60. The SMILES string of the molecule is O=C(O)CCCCC(=O)NCCN1CCNCC1. The molecule has 0 aromatic carbocycles. The van der Waals surface area contributed by atoms with Crippen LogP contribution in [0.5, 0.6) is 0 Å². The van der Waals surface area contributed by atoms with E-state index in [9.17, 15) is 9.59 Å². The maximum atomic E-state index is 11.4. The fourth-order valence-electron chi connectivity index (χ4n) is 1.94. The number of piperazine rings is 1. The minimum Gasteiger partial charge on any atom is -0.481 e. The third kappa shape index (κ3) is 7.24. The van der Waals surface area contributed by atoms with E-state index >= 15 is 0 Å². The fraction of sp³-hybridized carbons (Fsp3) is 0.833. The Bertz CT molecular complexity index is 265. The van der Waals surface area contributed by atoms with Crippen molar-refractivity contribution in [3.05, 3.63) is 0 Å². The van der Waals surface area contributed by atoms with Gasteiger partial charge in [0.25, 0.3) is 0 Å². The van der Waals surface area contributed by atoms with Crippen LogP contribution in [0.15, 0.2) is 0 Å². The number of amides is 1. The van der Waals surface area contributed by atoms with Gasteiger partial charge in [-0.15, -0.1) is 0 Å². The lowest BCUT2D eigenvalue weighted by Crippen LogP contribution is -2.46. The van der Waals surface area contributed by atoms with E-state index in [1.165, 1.54) is 0 Å². The molecule has 0 radical (unpaired) electrons. The number of aliphatic carboxylic acids is 1. The van der Waals surface area contributed by atoms with Gasteiger partial charge in [-0.1, -0.05) is 0 Å². The van der Waals surface area contributed by atoms with Crippen molar-refractivity contribution in [2.75, 3.05) is 39.3 Å². The highest BCUT2D eigenvalue weighted by atomic mass is 16.4. The van der Waals surface area contributed by atoms with Crippen LogP contribution in [-0.4, -0.2) is 61.2 Å². The first-order chi connectivity index (χ1) is 8.68. The summed E-state index contributed by atoms with van der Waals surface area (Å²) in [5, 5.41) is 14.6. The highest BCUT2D eigenvalue weighted by molar-refractivity contribution is 5.75. The summed E-state index contributed by atoms with van der Waals surface area (Å²) in [6.45, 7) is 5.68. The summed E-state index contributed by atoms with van der Waals surface area (Å²) in [6, 6.07) is 0. The van der Waals surface area contributed by atoms with Gasteiger partial charge >= 0.3 is 5.97 Å². The van der Waals surface area contributed by atoms with E-state index in [-0.39, 0.29) is 12.3 Å². The summed E-state index contributed by atoms with van der Waals surface area (Å²) >= 11 is 0. The first kappa shape index (κ1) is 14.9. The number of hydrogen-bond donors (Lipinski definition) is 3. The average Bonchev–Trinajstić information content (AvgIpc) is 2.36. The molecule has 104 valence electrons. The Hall–Kier alpha value is -1.14. The molecule has 0 spiro atoms. The van der Waals surface area contributed by atoms with E-state index in [1.807, 2.05) is 0 Å². The van der Waals surface area contributed by atoms with Crippen molar-refractivity contribution in [3.8, 4) is 0 Å². The molecular formula is C12H23N3O3. The Morgan fingerprint density at radius 2 is 1.83 bits per heavy atom. The maximum absolute atomic E-state index is 11.4. The molecule has 0 bridgehead atoms. The second-order valence-corrected chi connectivity index (χ2v) is 4.54. The van der Waals surface area contributed by atoms with Gasteiger partial charge in [0, 0.05) is 52.1 Å². The van der Waals surface area contributed by atoms with Gasteiger partial charge in [0.05, 0.1) is 0 Å². The van der Waals surface area contributed by atoms with Crippen LogP contribution in [0.2, 0.25) is 0 Å². The molecule has 0 atom stereocenters. The Kier molecular flexibility index (Phi) is 7.36. The molecule has 1 fully saturated rings. The molecule has 0 unspecified atom stereocenters. The Balaban J connectivity index is 1.94. The molecule has 1 aliphatic heterocycles. The van der Waals surface area contributed by atoms with Crippen LogP contribution in [0.4, 0.5) is 0 Å². The zero-order chi connectivity index (χ0) is 13.2. The van der Waals surface area contributed by atoms with Gasteiger partial charge in [-0.05, 0) is 12.8 Å². The number of unbranched alkanes of at least 4 members (excludes halogenated alkanes) is 1. The maximum Gasteiger partial charge on any atom is 0.303 e. The monoisotopic (exact) mass is 257 g/mol. The van der Waals surface area contributed by atoms with E-state index in [0.717, 1.165) is 32.7 Å². The van der Waals surface area contributed by atoms with Gasteiger partial charge < -0.3 is 15.7 Å². The highest BCUT2D eigenvalue weighted by Crippen LogP contribution is 1.99. The summed E-state index contributed by atoms with van der Waals surface area (Å²) in [5.41, 5.74) is 0. The molecule has 1 heterocycles. The second kappa shape index (κ2) is 8.88. The zero-order valence-corrected chi connectivity index (χ0v) is 10.8. The van der Waals surface area contributed by atoms with Gasteiger partial charge in [-0.3, -0.25) is 14.5 Å². The first-order valence-corrected chi connectivity index (χ1v) is 6.60. The van der Waals surface area contributed by atoms with Gasteiger partial charge in [0.1, 0.15) is 0 Å². The summed E-state index contributed by atoms with van der Waals surface area (Å²) in [7, 11) is 0. The van der Waals surface area contributed by atoms with Crippen molar-refractivity contribution >= 4 is 11.9 Å². The topological polar surface area (TPSA) is 81.7 Å². The highest BCUT2D eigenvalue weighted by Gasteiger charge is 2.09. The van der Waals surface area contributed by atoms with E-state index in [2.05, 4.69) is 15.5 Å². The number of carbonyl (C=O) groups excluding carboxylic acids is 1. The summed E-state index contributed by atoms with van der Waals surface area (Å²) < 4.78 is 0. The zero-order valence-electron chi connectivity index (χ0n) is 10.8. The number of rotatable bonds is 8. The normalized spacial score (nSPS) is 16.4. The molecule has 0 saturated carbocycles. The molecule has 3 N–H and O–H groups in total. The minimum absolute atomic E-state index is 0.0236.